The van der Waals surface area contributed by atoms with Crippen molar-refractivity contribution in [2.24, 2.45) is 0 Å². The minimum absolute atomic E-state index is 0.0160. The summed E-state index contributed by atoms with van der Waals surface area (Å²) in [5.41, 5.74) is 4.60. The summed E-state index contributed by atoms with van der Waals surface area (Å²) >= 11 is 0. The van der Waals surface area contributed by atoms with Crippen molar-refractivity contribution < 1.29 is 57.1 Å². The molecule has 1 aliphatic heterocycles. The lowest BCUT2D eigenvalue weighted by atomic mass is 9.96. The second-order valence-corrected chi connectivity index (χ2v) is 12.8. The number of hydrogen-bond donors (Lipinski definition) is 1. The van der Waals surface area contributed by atoms with Crippen LogP contribution in [0.3, 0.4) is 0 Å². The van der Waals surface area contributed by atoms with Crippen molar-refractivity contribution in [1.82, 2.24) is 10.2 Å². The first-order valence-electron chi connectivity index (χ1n) is 17.2. The van der Waals surface area contributed by atoms with Gasteiger partial charge in [-0.25, -0.2) is 0 Å². The van der Waals surface area contributed by atoms with E-state index in [-0.39, 0.29) is 18.4 Å². The van der Waals surface area contributed by atoms with Crippen molar-refractivity contribution in [3.8, 4) is 11.6 Å². The number of nitrogens with one attached hydrogen (secondary N) is 1. The van der Waals surface area contributed by atoms with E-state index in [2.05, 4.69) is 10.2 Å². The molecular weight excluding hydrogens is 676 g/mol. The Kier molecular flexibility index (Phi) is 14.6. The minimum atomic E-state index is -1.42. The van der Waals surface area contributed by atoms with Crippen LogP contribution >= 0.6 is 0 Å². The molecule has 1 fully saturated rings. The Hall–Kier alpha value is -4.95. The van der Waals surface area contributed by atoms with E-state index in [0.29, 0.717) is 26.2 Å². The Labute approximate surface area is 303 Å². The molecule has 0 spiro atoms. The zero-order chi connectivity index (χ0) is 37.8. The fraction of sp³-hybridized carbons (Fsp3) is 0.500. The van der Waals surface area contributed by atoms with Crippen LogP contribution in [0.1, 0.15) is 81.8 Å². The van der Waals surface area contributed by atoms with E-state index >= 15 is 0 Å². The first kappa shape index (κ1) is 39.8. The van der Waals surface area contributed by atoms with Crippen LogP contribution in [0.25, 0.3) is 0 Å². The third-order valence-electron chi connectivity index (χ3n) is 8.11. The maximum Gasteiger partial charge on any atom is 0.303 e. The first-order valence-corrected chi connectivity index (χ1v) is 17.2. The zero-order valence-corrected chi connectivity index (χ0v) is 30.7. The van der Waals surface area contributed by atoms with Gasteiger partial charge in [-0.1, -0.05) is 50.2 Å². The number of aromatic nitrogens is 2. The van der Waals surface area contributed by atoms with Gasteiger partial charge >= 0.3 is 23.9 Å². The highest BCUT2D eigenvalue weighted by molar-refractivity contribution is 5.68. The molecule has 1 N–H and O–H groups in total. The molecule has 0 aliphatic carbocycles. The highest BCUT2D eigenvalue weighted by Gasteiger charge is 2.53. The molecule has 14 heteroatoms. The van der Waals surface area contributed by atoms with Crippen molar-refractivity contribution >= 4 is 23.9 Å². The second-order valence-electron chi connectivity index (χ2n) is 12.8. The molecule has 3 aromatic rings. The highest BCUT2D eigenvalue weighted by atomic mass is 16.7. The lowest BCUT2D eigenvalue weighted by Crippen LogP contribution is -2.63. The number of carbonyl (C=O) groups is 4. The van der Waals surface area contributed by atoms with Crippen molar-refractivity contribution in [1.29, 1.82) is 0 Å². The first-order chi connectivity index (χ1) is 24.8. The molecule has 0 bridgehead atoms. The summed E-state index contributed by atoms with van der Waals surface area (Å²) in [6.45, 7) is 11.9. The standard InChI is InChI=1S/C38H48N2O12/c1-22(2)33-31(19-29-14-15-30(18-23(29)3)46-17-11-16-45-20-28-12-9-8-10-13-28)37(40-39-33)52-38-36(50-27(7)44)35(49-26(6)43)34(48-25(5)42)32(51-38)21-47-24(4)41/h8-10,12-15,18,22,32,34-36,38H,11,16-17,19-21H2,1-7H3,(H,39,40)/t32-,34-,35+,36-,38?/m1/s1. The van der Waals surface area contributed by atoms with E-state index in [1.807, 2.05) is 69.3 Å². The third kappa shape index (κ3) is 11.5. The maximum atomic E-state index is 12.3. The van der Waals surface area contributed by atoms with Crippen molar-refractivity contribution in [3.63, 3.8) is 0 Å². The molecule has 1 saturated heterocycles. The number of aryl methyl sites for hydroxylation is 1. The fourth-order valence-corrected chi connectivity index (χ4v) is 5.76. The molecule has 0 radical (unpaired) electrons. The van der Waals surface area contributed by atoms with Crippen LogP contribution in [0.2, 0.25) is 0 Å². The molecule has 1 aromatic heterocycles. The monoisotopic (exact) mass is 724 g/mol. The van der Waals surface area contributed by atoms with Gasteiger partial charge in [0.05, 0.1) is 19.8 Å². The van der Waals surface area contributed by atoms with E-state index in [4.69, 9.17) is 37.9 Å². The molecule has 1 unspecified atom stereocenters. The predicted octanol–water partition coefficient (Wildman–Crippen LogP) is 4.88. The Balaban J connectivity index is 1.53. The Morgan fingerprint density at radius 3 is 2.15 bits per heavy atom. The van der Waals surface area contributed by atoms with E-state index in [0.717, 1.165) is 54.0 Å². The minimum Gasteiger partial charge on any atom is -0.493 e. The van der Waals surface area contributed by atoms with Crippen LogP contribution in [-0.2, 0) is 60.6 Å². The van der Waals surface area contributed by atoms with Crippen LogP contribution in [0.15, 0.2) is 48.5 Å². The number of esters is 4. The number of rotatable bonds is 17. The molecule has 0 amide bonds. The number of H-pyrrole nitrogens is 1. The largest absolute Gasteiger partial charge is 0.493 e. The summed E-state index contributed by atoms with van der Waals surface area (Å²) in [6.07, 6.45) is -5.51. The summed E-state index contributed by atoms with van der Waals surface area (Å²) < 4.78 is 46.0. The van der Waals surface area contributed by atoms with E-state index in [1.165, 1.54) is 13.8 Å². The quantitative estimate of drug-likeness (QED) is 0.114. The van der Waals surface area contributed by atoms with Crippen molar-refractivity contribution in [2.45, 2.75) is 105 Å². The molecule has 5 atom stereocenters. The van der Waals surface area contributed by atoms with Gasteiger partial charge in [-0.15, -0.1) is 5.10 Å². The summed E-state index contributed by atoms with van der Waals surface area (Å²) in [5, 5.41) is 7.50. The van der Waals surface area contributed by atoms with Gasteiger partial charge in [0.15, 0.2) is 12.2 Å². The summed E-state index contributed by atoms with van der Waals surface area (Å²) in [7, 11) is 0. The van der Waals surface area contributed by atoms with Gasteiger partial charge in [-0.3, -0.25) is 24.3 Å². The Morgan fingerprint density at radius 1 is 0.846 bits per heavy atom. The molecule has 0 saturated carbocycles. The van der Waals surface area contributed by atoms with Crippen LogP contribution in [0.5, 0.6) is 11.6 Å². The van der Waals surface area contributed by atoms with Crippen molar-refractivity contribution in [2.75, 3.05) is 19.8 Å². The molecule has 282 valence electrons. The van der Waals surface area contributed by atoms with Gasteiger partial charge in [0, 0.05) is 51.8 Å². The third-order valence-corrected chi connectivity index (χ3v) is 8.11. The molecule has 1 aliphatic rings. The number of aromatic amines is 1. The lowest BCUT2D eigenvalue weighted by Gasteiger charge is -2.43. The second kappa shape index (κ2) is 19.0. The molecule has 52 heavy (non-hydrogen) atoms. The molecular formula is C38H48N2O12. The number of benzene rings is 2. The molecule has 2 heterocycles. The summed E-state index contributed by atoms with van der Waals surface area (Å²) in [6, 6.07) is 15.9. The van der Waals surface area contributed by atoms with Gasteiger partial charge < -0.3 is 37.9 Å². The number of carbonyl (C=O) groups excluding carboxylic acids is 4. The highest BCUT2D eigenvalue weighted by Crippen LogP contribution is 2.34. The topological polar surface area (TPSA) is 171 Å². The van der Waals surface area contributed by atoms with Gasteiger partial charge in [0.1, 0.15) is 18.5 Å². The van der Waals surface area contributed by atoms with Gasteiger partial charge in [-0.05, 0) is 41.7 Å². The van der Waals surface area contributed by atoms with Crippen LogP contribution in [-0.4, -0.2) is 84.6 Å². The summed E-state index contributed by atoms with van der Waals surface area (Å²) in [4.78, 5) is 48.4. The maximum absolute atomic E-state index is 12.3. The van der Waals surface area contributed by atoms with Crippen molar-refractivity contribution in [3.05, 3.63) is 76.5 Å². The van der Waals surface area contributed by atoms with E-state index in [9.17, 15) is 19.2 Å². The SMILES string of the molecule is CC(=O)OC[C@H]1OC(Oc2n[nH]c(C(C)C)c2Cc2ccc(OCCCOCc3ccccc3)cc2C)[C@H](OC(C)=O)[C@@H](OC(C)=O)[C@@H]1OC(C)=O. The van der Waals surface area contributed by atoms with Crippen LogP contribution in [0.4, 0.5) is 0 Å². The number of ether oxygens (including phenoxy) is 8. The number of nitrogens with zero attached hydrogens (tertiary/aromatic N) is 1. The molecule has 4 rings (SSSR count). The van der Waals surface area contributed by atoms with Gasteiger partial charge in [0.25, 0.3) is 0 Å². The molecule has 2 aromatic carbocycles. The predicted molar refractivity (Wildman–Crippen MR) is 185 cm³/mol. The summed E-state index contributed by atoms with van der Waals surface area (Å²) in [5.74, 6) is -1.92. The Morgan fingerprint density at radius 2 is 1.52 bits per heavy atom. The van der Waals surface area contributed by atoms with Gasteiger partial charge in [0.2, 0.25) is 18.3 Å². The lowest BCUT2D eigenvalue weighted by molar-refractivity contribution is -0.289. The van der Waals surface area contributed by atoms with Crippen LogP contribution in [0, 0.1) is 6.92 Å². The number of hydrogen-bond acceptors (Lipinski definition) is 13. The fourth-order valence-electron chi connectivity index (χ4n) is 5.76. The Bertz CT molecular complexity index is 1660. The average molecular weight is 725 g/mol. The molecule has 14 nitrogen and oxygen atoms in total. The van der Waals surface area contributed by atoms with E-state index in [1.54, 1.807) is 0 Å². The zero-order valence-electron chi connectivity index (χ0n) is 30.7. The van der Waals surface area contributed by atoms with E-state index < -0.39 is 54.6 Å². The van der Waals surface area contributed by atoms with Crippen LogP contribution < -0.4 is 9.47 Å². The average Bonchev–Trinajstić information content (AvgIpc) is 3.47. The van der Waals surface area contributed by atoms with Gasteiger partial charge in [-0.2, -0.15) is 0 Å². The normalized spacial score (nSPS) is 19.8. The smallest absolute Gasteiger partial charge is 0.303 e.